The Morgan fingerprint density at radius 1 is 0.885 bits per heavy atom. The van der Waals surface area contributed by atoms with Gasteiger partial charge >= 0.3 is 5.97 Å². The van der Waals surface area contributed by atoms with Gasteiger partial charge in [0.1, 0.15) is 0 Å². The largest absolute Gasteiger partial charge is 0.465 e. The first-order valence-electron chi connectivity index (χ1n) is 9.40. The topological polar surface area (TPSA) is 26.3 Å². The molecule has 3 aromatic rings. The Labute approximate surface area is 155 Å². The molecular weight excluding hydrogens is 320 g/mol. The van der Waals surface area contributed by atoms with Crippen LogP contribution in [-0.2, 0) is 4.74 Å². The van der Waals surface area contributed by atoms with Gasteiger partial charge in [-0.1, -0.05) is 74.9 Å². The highest BCUT2D eigenvalue weighted by Gasteiger charge is 2.17. The summed E-state index contributed by atoms with van der Waals surface area (Å²) in [5, 5.41) is 2.03. The minimum atomic E-state index is -0.293. The predicted molar refractivity (Wildman–Crippen MR) is 109 cm³/mol. The van der Waals surface area contributed by atoms with E-state index in [1.54, 1.807) is 0 Å². The highest BCUT2D eigenvalue weighted by Crippen LogP contribution is 2.38. The highest BCUT2D eigenvalue weighted by molar-refractivity contribution is 6.09. The molecule has 26 heavy (non-hydrogen) atoms. The van der Waals surface area contributed by atoms with E-state index in [1.165, 1.54) is 36.6 Å². The minimum Gasteiger partial charge on any atom is -0.465 e. The van der Waals surface area contributed by atoms with Gasteiger partial charge in [-0.25, -0.2) is 4.79 Å². The molecule has 1 atom stereocenters. The molecule has 0 aliphatic rings. The van der Waals surface area contributed by atoms with Gasteiger partial charge in [0.25, 0.3) is 0 Å². The lowest BCUT2D eigenvalue weighted by molar-refractivity contribution is 0.0603. The number of rotatable bonds is 6. The van der Waals surface area contributed by atoms with Crippen molar-refractivity contribution < 1.29 is 9.53 Å². The fourth-order valence-corrected chi connectivity index (χ4v) is 3.85. The average molecular weight is 346 g/mol. The third-order valence-corrected chi connectivity index (χ3v) is 5.15. The van der Waals surface area contributed by atoms with Crippen molar-refractivity contribution in [2.24, 2.45) is 0 Å². The maximum absolute atomic E-state index is 12.2. The van der Waals surface area contributed by atoms with E-state index < -0.39 is 0 Å². The molecular formula is C24H26O2. The number of carbonyl (C=O) groups excluding carboxylic acids is 1. The van der Waals surface area contributed by atoms with Gasteiger partial charge in [-0.2, -0.15) is 0 Å². The first-order chi connectivity index (χ1) is 12.7. The lowest BCUT2D eigenvalue weighted by Gasteiger charge is -2.20. The molecule has 0 spiro atoms. The van der Waals surface area contributed by atoms with Gasteiger partial charge in [0, 0.05) is 0 Å². The summed E-state index contributed by atoms with van der Waals surface area (Å²) in [6.07, 6.45) is 3.49. The zero-order valence-corrected chi connectivity index (χ0v) is 15.8. The lowest BCUT2D eigenvalue weighted by Crippen LogP contribution is -2.03. The van der Waals surface area contributed by atoms with Gasteiger partial charge in [0.05, 0.1) is 12.7 Å². The van der Waals surface area contributed by atoms with Gasteiger partial charge < -0.3 is 4.74 Å². The summed E-state index contributed by atoms with van der Waals surface area (Å²) < 4.78 is 4.96. The van der Waals surface area contributed by atoms with E-state index in [2.05, 4.69) is 50.2 Å². The number of carbonyl (C=O) groups is 1. The third kappa shape index (κ3) is 3.37. The van der Waals surface area contributed by atoms with Crippen molar-refractivity contribution in [3.05, 3.63) is 71.8 Å². The van der Waals surface area contributed by atoms with Crippen molar-refractivity contribution in [2.75, 3.05) is 7.11 Å². The highest BCUT2D eigenvalue weighted by atomic mass is 16.5. The van der Waals surface area contributed by atoms with Crippen LogP contribution in [0.2, 0.25) is 0 Å². The number of ether oxygens (including phenoxy) is 1. The molecule has 0 aliphatic carbocycles. The Balaban J connectivity index is 2.23. The Kier molecular flexibility index (Phi) is 5.72. The molecule has 0 aromatic heterocycles. The molecule has 0 N–H and O–H groups in total. The fourth-order valence-electron chi connectivity index (χ4n) is 3.85. The summed E-state index contributed by atoms with van der Waals surface area (Å²) in [6, 6.07) is 20.7. The first-order valence-corrected chi connectivity index (χ1v) is 9.40. The van der Waals surface area contributed by atoms with Crippen molar-refractivity contribution >= 4 is 16.7 Å². The second kappa shape index (κ2) is 8.18. The van der Waals surface area contributed by atoms with Crippen LogP contribution < -0.4 is 0 Å². The Morgan fingerprint density at radius 3 is 2.27 bits per heavy atom. The zero-order valence-electron chi connectivity index (χ0n) is 15.8. The van der Waals surface area contributed by atoms with E-state index in [4.69, 9.17) is 4.74 Å². The number of methoxy groups -OCH3 is 1. The van der Waals surface area contributed by atoms with E-state index in [9.17, 15) is 4.79 Å². The van der Waals surface area contributed by atoms with E-state index >= 15 is 0 Å². The third-order valence-electron chi connectivity index (χ3n) is 5.15. The number of hydrogen-bond acceptors (Lipinski definition) is 2. The minimum absolute atomic E-state index is 0.293. The van der Waals surface area contributed by atoms with Gasteiger partial charge in [0.2, 0.25) is 0 Å². The van der Waals surface area contributed by atoms with Crippen molar-refractivity contribution in [1.82, 2.24) is 0 Å². The van der Waals surface area contributed by atoms with Gasteiger partial charge in [-0.3, -0.25) is 0 Å². The monoisotopic (exact) mass is 346 g/mol. The fraction of sp³-hybridized carbons (Fsp3) is 0.292. The van der Waals surface area contributed by atoms with Crippen molar-refractivity contribution in [3.63, 3.8) is 0 Å². The summed E-state index contributed by atoms with van der Waals surface area (Å²) in [7, 11) is 1.43. The molecule has 0 bridgehead atoms. The molecule has 0 saturated carbocycles. The molecule has 0 saturated heterocycles. The molecule has 0 fully saturated rings. The molecule has 134 valence electrons. The number of hydrogen-bond donors (Lipinski definition) is 0. The standard InChI is InChI=1S/C24H26O2/c1-4-10-17(5-2)18-11-6-7-12-19(18)22-15-16-23(24(25)26-3)21-14-9-8-13-20(21)22/h6-9,11-17H,4-5,10H2,1-3H3. The first kappa shape index (κ1) is 18.2. The van der Waals surface area contributed by atoms with Gasteiger partial charge in [0.15, 0.2) is 0 Å². The van der Waals surface area contributed by atoms with Crippen molar-refractivity contribution in [2.45, 2.75) is 39.0 Å². The van der Waals surface area contributed by atoms with Crippen LogP contribution in [0.15, 0.2) is 60.7 Å². The number of benzene rings is 3. The maximum Gasteiger partial charge on any atom is 0.338 e. The summed E-state index contributed by atoms with van der Waals surface area (Å²) in [5.74, 6) is 0.258. The molecule has 0 radical (unpaired) electrons. The molecule has 2 nitrogen and oxygen atoms in total. The zero-order chi connectivity index (χ0) is 18.5. The van der Waals surface area contributed by atoms with Crippen LogP contribution >= 0.6 is 0 Å². The Morgan fingerprint density at radius 2 is 1.58 bits per heavy atom. The SMILES string of the molecule is CCCC(CC)c1ccccc1-c1ccc(C(=O)OC)c2ccccc12. The summed E-state index contributed by atoms with van der Waals surface area (Å²) >= 11 is 0. The second-order valence-corrected chi connectivity index (χ2v) is 6.68. The van der Waals surface area contributed by atoms with Crippen LogP contribution in [0, 0.1) is 0 Å². The quantitative estimate of drug-likeness (QED) is 0.471. The van der Waals surface area contributed by atoms with Crippen LogP contribution in [0.3, 0.4) is 0 Å². The van der Waals surface area contributed by atoms with E-state index in [0.29, 0.717) is 11.5 Å². The second-order valence-electron chi connectivity index (χ2n) is 6.68. The Hall–Kier alpha value is -2.61. The summed E-state index contributed by atoms with van der Waals surface area (Å²) in [5.41, 5.74) is 4.46. The van der Waals surface area contributed by atoms with Crippen LogP contribution in [0.25, 0.3) is 21.9 Å². The molecule has 2 heteroatoms. The van der Waals surface area contributed by atoms with Crippen LogP contribution in [0.5, 0.6) is 0 Å². The average Bonchev–Trinajstić information content (AvgIpc) is 2.70. The van der Waals surface area contributed by atoms with Gasteiger partial charge in [-0.05, 0) is 52.3 Å². The Bertz CT molecular complexity index is 911. The van der Waals surface area contributed by atoms with Crippen LogP contribution in [0.1, 0.15) is 54.9 Å². The lowest BCUT2D eigenvalue weighted by atomic mass is 9.84. The van der Waals surface area contributed by atoms with Crippen molar-refractivity contribution in [1.29, 1.82) is 0 Å². The molecule has 0 amide bonds. The predicted octanol–water partition coefficient (Wildman–Crippen LogP) is 6.59. The van der Waals surface area contributed by atoms with Crippen LogP contribution in [0.4, 0.5) is 0 Å². The van der Waals surface area contributed by atoms with Crippen LogP contribution in [-0.4, -0.2) is 13.1 Å². The van der Waals surface area contributed by atoms with E-state index in [1.807, 2.05) is 24.3 Å². The molecule has 3 rings (SSSR count). The van der Waals surface area contributed by atoms with Crippen molar-refractivity contribution in [3.8, 4) is 11.1 Å². The molecule has 3 aromatic carbocycles. The van der Waals surface area contributed by atoms with E-state index in [0.717, 1.165) is 17.2 Å². The summed E-state index contributed by atoms with van der Waals surface area (Å²) in [4.78, 5) is 12.2. The normalized spacial score (nSPS) is 12.1. The molecule has 0 aliphatic heterocycles. The van der Waals surface area contributed by atoms with Gasteiger partial charge in [-0.15, -0.1) is 0 Å². The number of esters is 1. The summed E-state index contributed by atoms with van der Waals surface area (Å²) in [6.45, 7) is 4.50. The number of fused-ring (bicyclic) bond motifs is 1. The molecule has 0 heterocycles. The molecule has 1 unspecified atom stereocenters. The van der Waals surface area contributed by atoms with E-state index in [-0.39, 0.29) is 5.97 Å². The maximum atomic E-state index is 12.2. The smallest absolute Gasteiger partial charge is 0.338 e.